The molecule has 0 aromatic heterocycles. The number of esters is 1. The van der Waals surface area contributed by atoms with Crippen molar-refractivity contribution in [3.8, 4) is 0 Å². The maximum Gasteiger partial charge on any atom is 0.355 e. The molecule has 2 aromatic carbocycles. The number of nitrogens with zero attached hydrogens (tertiary/aromatic N) is 2. The van der Waals surface area contributed by atoms with Crippen molar-refractivity contribution >= 4 is 35.1 Å². The van der Waals surface area contributed by atoms with E-state index in [-0.39, 0.29) is 30.3 Å². The van der Waals surface area contributed by atoms with Crippen molar-refractivity contribution in [3.05, 3.63) is 87.1 Å². The number of allylic oxidation sites excluding steroid dienone is 1. The lowest BCUT2D eigenvalue weighted by Gasteiger charge is -2.44. The first kappa shape index (κ1) is 23.9. The molecule has 10 heteroatoms. The Bertz CT molecular complexity index is 1100. The molecule has 0 radical (unpaired) electrons. The molecule has 1 saturated heterocycles. The Morgan fingerprint density at radius 3 is 2.27 bits per heavy atom. The van der Waals surface area contributed by atoms with Gasteiger partial charge in [-0.1, -0.05) is 41.9 Å². The summed E-state index contributed by atoms with van der Waals surface area (Å²) in [4.78, 5) is 49.0. The second kappa shape index (κ2) is 10.3. The van der Waals surface area contributed by atoms with Gasteiger partial charge in [-0.25, -0.2) is 4.79 Å². The van der Waals surface area contributed by atoms with E-state index in [0.29, 0.717) is 11.1 Å². The molecule has 9 nitrogen and oxygen atoms in total. The van der Waals surface area contributed by atoms with Crippen LogP contribution in [0.4, 0.5) is 5.69 Å². The second-order valence-corrected chi connectivity index (χ2v) is 8.08. The number of carbonyl (C=O) groups excluding carboxylic acids is 3. The molecule has 0 saturated carbocycles. The number of halogens is 1. The monoisotopic (exact) mass is 471 g/mol. The third kappa shape index (κ3) is 5.56. The number of β-lactam (4-membered cyclic amide) rings is 1. The quantitative estimate of drug-likeness (QED) is 0.120. The van der Waals surface area contributed by atoms with E-state index in [9.17, 15) is 24.5 Å². The molecule has 172 valence electrons. The van der Waals surface area contributed by atoms with E-state index < -0.39 is 28.3 Å². The van der Waals surface area contributed by atoms with Crippen molar-refractivity contribution in [1.82, 2.24) is 10.2 Å². The largest absolute Gasteiger partial charge is 0.456 e. The molecule has 3 rings (SSSR count). The molecule has 2 unspecified atom stereocenters. The van der Waals surface area contributed by atoms with Crippen molar-refractivity contribution in [3.63, 3.8) is 0 Å². The van der Waals surface area contributed by atoms with Crippen LogP contribution in [0.25, 0.3) is 0 Å². The van der Waals surface area contributed by atoms with Gasteiger partial charge >= 0.3 is 5.97 Å². The van der Waals surface area contributed by atoms with Gasteiger partial charge in [-0.15, -0.1) is 0 Å². The molecule has 1 aliphatic heterocycles. The lowest BCUT2D eigenvalue weighted by atomic mass is 10.0. The average Bonchev–Trinajstić information content (AvgIpc) is 2.79. The predicted octanol–water partition coefficient (Wildman–Crippen LogP) is 3.07. The number of nitro groups is 1. The Labute approximate surface area is 195 Å². The van der Waals surface area contributed by atoms with Gasteiger partial charge in [-0.3, -0.25) is 24.6 Å². The molecule has 1 fully saturated rings. The van der Waals surface area contributed by atoms with Gasteiger partial charge in [0.1, 0.15) is 23.8 Å². The number of hydrogen-bond acceptors (Lipinski definition) is 6. The molecule has 33 heavy (non-hydrogen) atoms. The molecular weight excluding hydrogens is 450 g/mol. The number of benzene rings is 2. The number of alkyl halides is 1. The summed E-state index contributed by atoms with van der Waals surface area (Å²) in [5.41, 5.74) is 0.822. The van der Waals surface area contributed by atoms with E-state index in [1.165, 1.54) is 24.3 Å². The van der Waals surface area contributed by atoms with Gasteiger partial charge in [0.25, 0.3) is 11.6 Å². The zero-order chi connectivity index (χ0) is 24.1. The summed E-state index contributed by atoms with van der Waals surface area (Å²) in [6, 6.07) is 13.7. The number of rotatable bonds is 8. The normalized spacial score (nSPS) is 17.1. The third-order valence-corrected chi connectivity index (χ3v) is 5.42. The van der Waals surface area contributed by atoms with Crippen LogP contribution in [0.2, 0.25) is 0 Å². The first-order valence-electron chi connectivity index (χ1n) is 10.1. The first-order valence-corrected chi connectivity index (χ1v) is 10.5. The van der Waals surface area contributed by atoms with Crippen LogP contribution in [0.3, 0.4) is 0 Å². The molecule has 1 N–H and O–H groups in total. The minimum Gasteiger partial charge on any atom is -0.456 e. The van der Waals surface area contributed by atoms with E-state index in [4.69, 9.17) is 16.3 Å². The van der Waals surface area contributed by atoms with E-state index >= 15 is 0 Å². The Hall–Kier alpha value is -3.72. The average molecular weight is 472 g/mol. The van der Waals surface area contributed by atoms with Gasteiger partial charge in [0.15, 0.2) is 0 Å². The molecule has 0 aliphatic carbocycles. The molecule has 2 atom stereocenters. The zero-order valence-electron chi connectivity index (χ0n) is 18.0. The fourth-order valence-electron chi connectivity index (χ4n) is 3.30. The summed E-state index contributed by atoms with van der Waals surface area (Å²) in [6.07, 6.45) is 0.0982. The minimum atomic E-state index is -0.959. The first-order chi connectivity index (χ1) is 15.7. The number of amides is 2. The lowest BCUT2D eigenvalue weighted by Crippen LogP contribution is -2.68. The molecule has 0 spiro atoms. The molecule has 2 aromatic rings. The molecule has 1 heterocycles. The number of ether oxygens (including phenoxy) is 1. The summed E-state index contributed by atoms with van der Waals surface area (Å²) in [6.45, 7) is 3.14. The topological polar surface area (TPSA) is 119 Å². The van der Waals surface area contributed by atoms with Crippen molar-refractivity contribution in [2.45, 2.75) is 38.4 Å². The molecular formula is C23H22ClN3O6. The van der Waals surface area contributed by atoms with E-state index in [1.807, 2.05) is 18.2 Å². The van der Waals surface area contributed by atoms with E-state index in [2.05, 4.69) is 5.32 Å². The van der Waals surface area contributed by atoms with Crippen molar-refractivity contribution in [2.24, 2.45) is 0 Å². The van der Waals surface area contributed by atoms with Crippen molar-refractivity contribution in [1.29, 1.82) is 0 Å². The number of nitrogens with one attached hydrogen (secondary N) is 1. The zero-order valence-corrected chi connectivity index (χ0v) is 18.7. The summed E-state index contributed by atoms with van der Waals surface area (Å²) < 4.78 is 5.29. The fourth-order valence-corrected chi connectivity index (χ4v) is 3.66. The minimum absolute atomic E-state index is 0.00419. The van der Waals surface area contributed by atoms with Crippen LogP contribution in [0.15, 0.2) is 65.9 Å². The summed E-state index contributed by atoms with van der Waals surface area (Å²) in [5, 5.41) is 13.3. The highest BCUT2D eigenvalue weighted by molar-refractivity contribution is 6.27. The van der Waals surface area contributed by atoms with Gasteiger partial charge in [0, 0.05) is 12.1 Å². The highest BCUT2D eigenvalue weighted by Gasteiger charge is 2.50. The van der Waals surface area contributed by atoms with Crippen LogP contribution in [0, 0.1) is 10.1 Å². The number of hydrogen-bond donors (Lipinski definition) is 1. The van der Waals surface area contributed by atoms with E-state index in [0.717, 1.165) is 10.5 Å². The predicted molar refractivity (Wildman–Crippen MR) is 120 cm³/mol. The molecule has 0 bridgehead atoms. The molecule has 1 aliphatic rings. The Morgan fingerprint density at radius 2 is 1.73 bits per heavy atom. The van der Waals surface area contributed by atoms with Crippen LogP contribution >= 0.6 is 11.6 Å². The van der Waals surface area contributed by atoms with Gasteiger partial charge in [0.2, 0.25) is 5.91 Å². The van der Waals surface area contributed by atoms with Gasteiger partial charge in [-0.2, -0.15) is 0 Å². The van der Waals surface area contributed by atoms with Crippen LogP contribution in [-0.4, -0.2) is 39.1 Å². The Kier molecular flexibility index (Phi) is 7.44. The van der Waals surface area contributed by atoms with Crippen LogP contribution in [0.5, 0.6) is 0 Å². The second-order valence-electron chi connectivity index (χ2n) is 7.64. The maximum absolute atomic E-state index is 12.7. The summed E-state index contributed by atoms with van der Waals surface area (Å²) in [7, 11) is 0. The highest BCUT2D eigenvalue weighted by Crippen LogP contribution is 2.31. The Morgan fingerprint density at radius 1 is 1.09 bits per heavy atom. The highest BCUT2D eigenvalue weighted by atomic mass is 35.5. The SMILES string of the molecule is CC(C)=C(C(=O)OCc1ccc([N+](=O)[O-])cc1)N1C(=O)C(NC(=O)Cc2ccccc2)C1Cl. The standard InChI is InChI=1S/C23H22ClN3O6/c1-14(2)20(23(30)33-13-16-8-10-17(11-9-16)27(31)32)26-21(24)19(22(26)29)25-18(28)12-15-6-4-3-5-7-15/h3-11,19,21H,12-13H2,1-2H3,(H,25,28). The lowest BCUT2D eigenvalue weighted by molar-refractivity contribution is -0.384. The van der Waals surface area contributed by atoms with Crippen molar-refractivity contribution in [2.75, 3.05) is 0 Å². The van der Waals surface area contributed by atoms with E-state index in [1.54, 1.807) is 26.0 Å². The third-order valence-electron chi connectivity index (χ3n) is 4.97. The number of nitro benzene ring substituents is 1. The Balaban J connectivity index is 1.60. The van der Waals surface area contributed by atoms with Gasteiger partial charge in [0.05, 0.1) is 11.3 Å². The summed E-state index contributed by atoms with van der Waals surface area (Å²) >= 11 is 6.35. The van der Waals surface area contributed by atoms with Crippen LogP contribution < -0.4 is 5.32 Å². The molecule has 2 amide bonds. The van der Waals surface area contributed by atoms with Crippen LogP contribution in [-0.2, 0) is 32.1 Å². The van der Waals surface area contributed by atoms with Crippen molar-refractivity contribution < 1.29 is 24.0 Å². The number of likely N-dealkylation sites (tertiary alicyclic amines) is 1. The van der Waals surface area contributed by atoms with Gasteiger partial charge < -0.3 is 10.1 Å². The number of non-ortho nitro benzene ring substituents is 1. The summed E-state index contributed by atoms with van der Waals surface area (Å²) in [5.74, 6) is -1.63. The maximum atomic E-state index is 12.7. The smallest absolute Gasteiger partial charge is 0.355 e. The number of carbonyl (C=O) groups is 3. The van der Waals surface area contributed by atoms with Gasteiger partial charge in [-0.05, 0) is 42.7 Å². The van der Waals surface area contributed by atoms with Crippen LogP contribution in [0.1, 0.15) is 25.0 Å². The fraction of sp³-hybridized carbons (Fsp3) is 0.261.